The Morgan fingerprint density at radius 2 is 2.04 bits per heavy atom. The monoisotopic (exact) mass is 319 g/mol. The van der Waals surface area contributed by atoms with E-state index >= 15 is 0 Å². The summed E-state index contributed by atoms with van der Waals surface area (Å²) in [4.78, 5) is 4.79. The number of aromatic nitrogens is 3. The quantitative estimate of drug-likeness (QED) is 0.758. The minimum Gasteiger partial charge on any atom is -0.365 e. The van der Waals surface area contributed by atoms with Crippen molar-refractivity contribution in [1.82, 2.24) is 14.6 Å². The highest BCUT2D eigenvalue weighted by Crippen LogP contribution is 2.33. The van der Waals surface area contributed by atoms with Crippen LogP contribution in [0.15, 0.2) is 30.5 Å². The van der Waals surface area contributed by atoms with Crippen molar-refractivity contribution in [2.75, 3.05) is 5.32 Å². The van der Waals surface area contributed by atoms with Gasteiger partial charge in [0.1, 0.15) is 17.3 Å². The van der Waals surface area contributed by atoms with Gasteiger partial charge in [-0.3, -0.25) is 5.10 Å². The van der Waals surface area contributed by atoms with Crippen LogP contribution in [-0.4, -0.2) is 20.6 Å². The van der Waals surface area contributed by atoms with Gasteiger partial charge < -0.3 is 5.32 Å². The fraction of sp³-hybridized carbons (Fsp3) is 0.368. The number of rotatable bonds is 3. The number of anilines is 1. The van der Waals surface area contributed by atoms with E-state index < -0.39 is 0 Å². The first-order valence-electron chi connectivity index (χ1n) is 8.60. The summed E-state index contributed by atoms with van der Waals surface area (Å²) in [5.41, 5.74) is 4.47. The third-order valence-corrected chi connectivity index (χ3v) is 4.92. The second-order valence-corrected chi connectivity index (χ2v) is 6.56. The highest BCUT2D eigenvalue weighted by atomic mass is 15.3. The van der Waals surface area contributed by atoms with Crippen LogP contribution >= 0.6 is 0 Å². The van der Waals surface area contributed by atoms with Crippen molar-refractivity contribution < 1.29 is 0 Å². The Morgan fingerprint density at radius 1 is 1.25 bits per heavy atom. The summed E-state index contributed by atoms with van der Waals surface area (Å²) in [5, 5.41) is 16.2. The molecule has 24 heavy (non-hydrogen) atoms. The van der Waals surface area contributed by atoms with Crippen LogP contribution in [0.4, 0.5) is 5.82 Å². The fourth-order valence-corrected chi connectivity index (χ4v) is 3.60. The highest BCUT2D eigenvalue weighted by Gasteiger charge is 2.22. The van der Waals surface area contributed by atoms with Crippen LogP contribution in [0.1, 0.15) is 43.2 Å². The summed E-state index contributed by atoms with van der Waals surface area (Å²) in [6.45, 7) is 2.10. The van der Waals surface area contributed by atoms with Crippen molar-refractivity contribution in [2.24, 2.45) is 0 Å². The number of hydrogen-bond acceptors (Lipinski definition) is 3. The second kappa shape index (κ2) is 6.04. The lowest BCUT2D eigenvalue weighted by atomic mass is 9.95. The molecule has 1 fully saturated rings. The normalized spacial score (nSPS) is 15.5. The predicted molar refractivity (Wildman–Crippen MR) is 94.9 cm³/mol. The van der Waals surface area contributed by atoms with E-state index in [0.717, 1.165) is 17.1 Å². The van der Waals surface area contributed by atoms with Crippen LogP contribution in [0.2, 0.25) is 0 Å². The van der Waals surface area contributed by atoms with Crippen molar-refractivity contribution in [3.63, 3.8) is 0 Å². The lowest BCUT2D eigenvalue weighted by Crippen LogP contribution is -2.23. The summed E-state index contributed by atoms with van der Waals surface area (Å²) in [5.74, 6) is 0.965. The number of nitrogens with zero attached hydrogens (tertiary/aromatic N) is 3. The summed E-state index contributed by atoms with van der Waals surface area (Å²) in [6.07, 6.45) is 7.96. The Hall–Kier alpha value is -2.74. The van der Waals surface area contributed by atoms with E-state index in [1.807, 2.05) is 16.6 Å². The number of nitrogens with one attached hydrogen (secondary N) is 2. The molecule has 0 atom stereocenters. The fourth-order valence-electron chi connectivity index (χ4n) is 3.60. The molecule has 2 heterocycles. The molecule has 4 rings (SSSR count). The molecule has 0 amide bonds. The maximum atomic E-state index is 9.33. The molecule has 1 aliphatic rings. The Morgan fingerprint density at radius 3 is 2.79 bits per heavy atom. The summed E-state index contributed by atoms with van der Waals surface area (Å²) in [6, 6.07) is 10.9. The molecule has 0 saturated heterocycles. The zero-order valence-corrected chi connectivity index (χ0v) is 13.8. The molecular formula is C19H21N5. The van der Waals surface area contributed by atoms with E-state index in [1.165, 1.54) is 37.7 Å². The molecule has 0 spiro atoms. The minimum absolute atomic E-state index is 0.468. The largest absolute Gasteiger partial charge is 0.365 e. The van der Waals surface area contributed by atoms with Gasteiger partial charge in [0.25, 0.3) is 0 Å². The third kappa shape index (κ3) is 2.44. The van der Waals surface area contributed by atoms with Crippen LogP contribution in [0.25, 0.3) is 16.9 Å². The third-order valence-electron chi connectivity index (χ3n) is 4.92. The molecule has 0 bridgehead atoms. The van der Waals surface area contributed by atoms with Crippen LogP contribution in [0.5, 0.6) is 0 Å². The molecular weight excluding hydrogens is 298 g/mol. The number of aromatic amines is 1. The molecule has 5 nitrogen and oxygen atoms in total. The summed E-state index contributed by atoms with van der Waals surface area (Å²) >= 11 is 0. The molecule has 2 aromatic heterocycles. The van der Waals surface area contributed by atoms with Gasteiger partial charge in [0.15, 0.2) is 11.5 Å². The number of nitriles is 1. The lowest BCUT2D eigenvalue weighted by molar-refractivity contribution is 0.461. The minimum atomic E-state index is 0.468. The van der Waals surface area contributed by atoms with Gasteiger partial charge in [0.05, 0.1) is 0 Å². The Labute approximate surface area is 141 Å². The van der Waals surface area contributed by atoms with E-state index in [9.17, 15) is 5.26 Å². The van der Waals surface area contributed by atoms with Crippen LogP contribution < -0.4 is 5.32 Å². The average Bonchev–Trinajstić information content (AvgIpc) is 3.16. The SMILES string of the molecule is Cc1ccccc1-c1nc2c(C#N)c[nH]n2c1NC1CCCCC1. The van der Waals surface area contributed by atoms with Crippen molar-refractivity contribution in [2.45, 2.75) is 45.1 Å². The van der Waals surface area contributed by atoms with Gasteiger partial charge in [-0.15, -0.1) is 0 Å². The number of benzene rings is 1. The van der Waals surface area contributed by atoms with E-state index in [0.29, 0.717) is 17.3 Å². The Kier molecular flexibility index (Phi) is 3.73. The molecule has 1 saturated carbocycles. The molecule has 1 aliphatic carbocycles. The van der Waals surface area contributed by atoms with Gasteiger partial charge in [0.2, 0.25) is 0 Å². The second-order valence-electron chi connectivity index (χ2n) is 6.56. The number of hydrogen-bond donors (Lipinski definition) is 2. The topological polar surface area (TPSA) is 68.9 Å². The first-order chi connectivity index (χ1) is 11.8. The van der Waals surface area contributed by atoms with Gasteiger partial charge in [-0.1, -0.05) is 43.5 Å². The van der Waals surface area contributed by atoms with Crippen LogP contribution in [-0.2, 0) is 0 Å². The zero-order valence-electron chi connectivity index (χ0n) is 13.8. The smallest absolute Gasteiger partial charge is 0.173 e. The molecule has 1 aromatic carbocycles. The van der Waals surface area contributed by atoms with Gasteiger partial charge in [-0.05, 0) is 25.3 Å². The van der Waals surface area contributed by atoms with E-state index in [2.05, 4.69) is 35.5 Å². The molecule has 0 unspecified atom stereocenters. The number of imidazole rings is 1. The van der Waals surface area contributed by atoms with Gasteiger partial charge in [0, 0.05) is 17.8 Å². The van der Waals surface area contributed by atoms with Crippen molar-refractivity contribution in [3.8, 4) is 17.3 Å². The Balaban J connectivity index is 1.85. The number of H-pyrrole nitrogens is 1. The number of fused-ring (bicyclic) bond motifs is 1. The van der Waals surface area contributed by atoms with Crippen molar-refractivity contribution >= 4 is 11.5 Å². The van der Waals surface area contributed by atoms with E-state index in [-0.39, 0.29) is 0 Å². The first-order valence-corrected chi connectivity index (χ1v) is 8.60. The molecule has 122 valence electrons. The zero-order chi connectivity index (χ0) is 16.5. The van der Waals surface area contributed by atoms with Gasteiger partial charge >= 0.3 is 0 Å². The maximum Gasteiger partial charge on any atom is 0.173 e. The van der Waals surface area contributed by atoms with Crippen molar-refractivity contribution in [1.29, 1.82) is 5.26 Å². The summed E-state index contributed by atoms with van der Waals surface area (Å²) < 4.78 is 1.91. The van der Waals surface area contributed by atoms with E-state index in [1.54, 1.807) is 6.20 Å². The standard InChI is InChI=1S/C19H21N5/c1-13-7-5-6-10-16(13)17-19(22-15-8-3-2-4-9-15)24-18(23-17)14(11-20)12-21-24/h5-7,10,12,15,21-22H,2-4,8-9H2,1H3. The predicted octanol–water partition coefficient (Wildman–Crippen LogP) is 4.25. The first kappa shape index (κ1) is 14.8. The molecule has 2 N–H and O–H groups in total. The molecule has 0 radical (unpaired) electrons. The lowest BCUT2D eigenvalue weighted by Gasteiger charge is -2.24. The van der Waals surface area contributed by atoms with Crippen LogP contribution in [0, 0.1) is 18.3 Å². The van der Waals surface area contributed by atoms with Gasteiger partial charge in [-0.2, -0.15) is 5.26 Å². The van der Waals surface area contributed by atoms with Crippen molar-refractivity contribution in [3.05, 3.63) is 41.6 Å². The molecule has 5 heteroatoms. The number of aryl methyl sites for hydroxylation is 1. The molecule has 3 aromatic rings. The average molecular weight is 319 g/mol. The Bertz CT molecular complexity index is 906. The molecule has 0 aliphatic heterocycles. The van der Waals surface area contributed by atoms with E-state index in [4.69, 9.17) is 4.98 Å². The van der Waals surface area contributed by atoms with Crippen LogP contribution in [0.3, 0.4) is 0 Å². The van der Waals surface area contributed by atoms with Gasteiger partial charge in [-0.25, -0.2) is 9.50 Å². The highest BCUT2D eigenvalue weighted by molar-refractivity contribution is 5.79. The summed E-state index contributed by atoms with van der Waals surface area (Å²) in [7, 11) is 0. The maximum absolute atomic E-state index is 9.33.